The Hall–Kier alpha value is -2.99. The number of rotatable bonds is 4. The fourth-order valence-corrected chi connectivity index (χ4v) is 3.86. The number of para-hydroxylation sites is 1. The zero-order valence-electron chi connectivity index (χ0n) is 14.9. The lowest BCUT2D eigenvalue weighted by Gasteiger charge is -2.16. The summed E-state index contributed by atoms with van der Waals surface area (Å²) in [5, 5.41) is 5.35. The van der Waals surface area contributed by atoms with Crippen molar-refractivity contribution in [2.24, 2.45) is 5.92 Å². The SMILES string of the molecule is Cc1ccc(-c2csc(NC(=O)[C@@H]3CC(=O)N(c4ccccc4)C3)n2)cc1. The summed E-state index contributed by atoms with van der Waals surface area (Å²) in [6, 6.07) is 17.6. The van der Waals surface area contributed by atoms with Crippen LogP contribution in [0, 0.1) is 12.8 Å². The van der Waals surface area contributed by atoms with Crippen molar-refractivity contribution in [2.45, 2.75) is 13.3 Å². The van der Waals surface area contributed by atoms with E-state index in [1.807, 2.05) is 66.9 Å². The van der Waals surface area contributed by atoms with Gasteiger partial charge in [0.2, 0.25) is 11.8 Å². The van der Waals surface area contributed by atoms with E-state index in [4.69, 9.17) is 0 Å². The van der Waals surface area contributed by atoms with E-state index >= 15 is 0 Å². The minimum atomic E-state index is -0.371. The van der Waals surface area contributed by atoms with Crippen LogP contribution in [0.3, 0.4) is 0 Å². The van der Waals surface area contributed by atoms with Crippen molar-refractivity contribution in [1.29, 1.82) is 0 Å². The average molecular weight is 377 g/mol. The monoisotopic (exact) mass is 377 g/mol. The van der Waals surface area contributed by atoms with Gasteiger partial charge in [-0.05, 0) is 19.1 Å². The van der Waals surface area contributed by atoms with Crippen LogP contribution in [-0.4, -0.2) is 23.3 Å². The summed E-state index contributed by atoms with van der Waals surface area (Å²) in [7, 11) is 0. The number of aryl methyl sites for hydroxylation is 1. The van der Waals surface area contributed by atoms with E-state index in [-0.39, 0.29) is 24.2 Å². The van der Waals surface area contributed by atoms with Crippen molar-refractivity contribution in [3.63, 3.8) is 0 Å². The molecule has 4 rings (SSSR count). The third kappa shape index (κ3) is 3.75. The molecule has 0 spiro atoms. The number of benzene rings is 2. The maximum atomic E-state index is 12.6. The average Bonchev–Trinajstić information content (AvgIpc) is 3.30. The van der Waals surface area contributed by atoms with Crippen molar-refractivity contribution < 1.29 is 9.59 Å². The Labute approximate surface area is 161 Å². The molecule has 6 heteroatoms. The zero-order chi connectivity index (χ0) is 18.8. The predicted octanol–water partition coefficient (Wildman–Crippen LogP) is 4.11. The van der Waals surface area contributed by atoms with Crippen molar-refractivity contribution >= 4 is 34.0 Å². The van der Waals surface area contributed by atoms with E-state index in [0.29, 0.717) is 11.7 Å². The number of carbonyl (C=O) groups excluding carboxylic acids is 2. The molecule has 1 aliphatic rings. The van der Waals surface area contributed by atoms with Crippen LogP contribution in [0.25, 0.3) is 11.3 Å². The lowest BCUT2D eigenvalue weighted by Crippen LogP contribution is -2.28. The molecule has 1 atom stereocenters. The van der Waals surface area contributed by atoms with Gasteiger partial charge in [0.1, 0.15) is 0 Å². The van der Waals surface area contributed by atoms with E-state index in [2.05, 4.69) is 10.3 Å². The first-order valence-corrected chi connectivity index (χ1v) is 9.67. The van der Waals surface area contributed by atoms with Crippen molar-refractivity contribution in [3.05, 3.63) is 65.5 Å². The smallest absolute Gasteiger partial charge is 0.231 e. The Morgan fingerprint density at radius 2 is 1.89 bits per heavy atom. The summed E-state index contributed by atoms with van der Waals surface area (Å²) in [5.74, 6) is -0.558. The van der Waals surface area contributed by atoms with E-state index in [0.717, 1.165) is 16.9 Å². The van der Waals surface area contributed by atoms with Gasteiger partial charge in [0, 0.05) is 29.6 Å². The molecule has 1 fully saturated rings. The Morgan fingerprint density at radius 1 is 1.15 bits per heavy atom. The van der Waals surface area contributed by atoms with Gasteiger partial charge in [0.05, 0.1) is 11.6 Å². The molecule has 0 unspecified atom stereocenters. The summed E-state index contributed by atoms with van der Waals surface area (Å²) >= 11 is 1.39. The summed E-state index contributed by atoms with van der Waals surface area (Å²) < 4.78 is 0. The number of nitrogens with one attached hydrogen (secondary N) is 1. The molecule has 1 saturated heterocycles. The molecule has 27 heavy (non-hydrogen) atoms. The number of aromatic nitrogens is 1. The first-order chi connectivity index (χ1) is 13.1. The van der Waals surface area contributed by atoms with E-state index < -0.39 is 0 Å². The highest BCUT2D eigenvalue weighted by Crippen LogP contribution is 2.28. The summed E-state index contributed by atoms with van der Waals surface area (Å²) in [4.78, 5) is 31.1. The minimum Gasteiger partial charge on any atom is -0.312 e. The predicted molar refractivity (Wildman–Crippen MR) is 108 cm³/mol. The zero-order valence-corrected chi connectivity index (χ0v) is 15.7. The summed E-state index contributed by atoms with van der Waals surface area (Å²) in [5.41, 5.74) is 3.87. The molecule has 1 aromatic heterocycles. The third-order valence-electron chi connectivity index (χ3n) is 4.65. The van der Waals surface area contributed by atoms with Gasteiger partial charge in [-0.15, -0.1) is 11.3 Å². The lowest BCUT2D eigenvalue weighted by atomic mass is 10.1. The highest BCUT2D eigenvalue weighted by molar-refractivity contribution is 7.14. The van der Waals surface area contributed by atoms with Crippen LogP contribution < -0.4 is 10.2 Å². The molecule has 2 heterocycles. The maximum Gasteiger partial charge on any atom is 0.231 e. The fourth-order valence-electron chi connectivity index (χ4n) is 3.14. The van der Waals surface area contributed by atoms with Crippen molar-refractivity contribution in [1.82, 2.24) is 4.98 Å². The van der Waals surface area contributed by atoms with E-state index in [1.165, 1.54) is 16.9 Å². The van der Waals surface area contributed by atoms with Gasteiger partial charge in [0.15, 0.2) is 5.13 Å². The second-order valence-electron chi connectivity index (χ2n) is 6.63. The van der Waals surface area contributed by atoms with Crippen LogP contribution in [-0.2, 0) is 9.59 Å². The third-order valence-corrected chi connectivity index (χ3v) is 5.40. The van der Waals surface area contributed by atoms with Gasteiger partial charge in [-0.1, -0.05) is 48.0 Å². The van der Waals surface area contributed by atoms with E-state index in [1.54, 1.807) is 4.90 Å². The Balaban J connectivity index is 1.43. The molecule has 0 bridgehead atoms. The van der Waals surface area contributed by atoms with Crippen LogP contribution in [0.2, 0.25) is 0 Å². The Morgan fingerprint density at radius 3 is 2.63 bits per heavy atom. The van der Waals surface area contributed by atoms with Gasteiger partial charge in [0.25, 0.3) is 0 Å². The topological polar surface area (TPSA) is 62.3 Å². The van der Waals surface area contributed by atoms with Crippen LogP contribution in [0.1, 0.15) is 12.0 Å². The quantitative estimate of drug-likeness (QED) is 0.744. The molecule has 2 amide bonds. The molecule has 2 aromatic carbocycles. The maximum absolute atomic E-state index is 12.6. The molecule has 1 aliphatic heterocycles. The fraction of sp³-hybridized carbons (Fsp3) is 0.190. The molecule has 1 N–H and O–H groups in total. The second kappa shape index (κ2) is 7.32. The number of carbonyl (C=O) groups is 2. The number of thiazole rings is 1. The molecule has 0 aliphatic carbocycles. The molecular formula is C21H19N3O2S. The lowest BCUT2D eigenvalue weighted by molar-refractivity contribution is -0.122. The van der Waals surface area contributed by atoms with Gasteiger partial charge >= 0.3 is 0 Å². The molecule has 0 radical (unpaired) electrons. The summed E-state index contributed by atoms with van der Waals surface area (Å²) in [6.07, 6.45) is 0.219. The Bertz CT molecular complexity index is 967. The molecule has 0 saturated carbocycles. The van der Waals surface area contributed by atoms with Gasteiger partial charge < -0.3 is 10.2 Å². The number of amides is 2. The normalized spacial score (nSPS) is 16.6. The van der Waals surface area contributed by atoms with Crippen molar-refractivity contribution in [3.8, 4) is 11.3 Å². The van der Waals surface area contributed by atoms with Crippen molar-refractivity contribution in [2.75, 3.05) is 16.8 Å². The van der Waals surface area contributed by atoms with Crippen LogP contribution in [0.15, 0.2) is 60.0 Å². The first-order valence-electron chi connectivity index (χ1n) is 8.79. The highest BCUT2D eigenvalue weighted by Gasteiger charge is 2.35. The van der Waals surface area contributed by atoms with E-state index in [9.17, 15) is 9.59 Å². The molecule has 5 nitrogen and oxygen atoms in total. The van der Waals surface area contributed by atoms with Crippen LogP contribution in [0.5, 0.6) is 0 Å². The first kappa shape index (κ1) is 17.4. The second-order valence-corrected chi connectivity index (χ2v) is 7.49. The standard InChI is InChI=1S/C21H19N3O2S/c1-14-7-9-15(10-8-14)18-13-27-21(22-18)23-20(26)16-11-19(25)24(12-16)17-5-3-2-4-6-17/h2-10,13,16H,11-12H2,1H3,(H,22,23,26)/t16-/m1/s1. The number of anilines is 2. The number of nitrogens with zero attached hydrogens (tertiary/aromatic N) is 2. The van der Waals surface area contributed by atoms with Gasteiger partial charge in [-0.25, -0.2) is 4.98 Å². The van der Waals surface area contributed by atoms with Gasteiger partial charge in [-0.2, -0.15) is 0 Å². The Kier molecular flexibility index (Phi) is 4.73. The number of hydrogen-bond donors (Lipinski definition) is 1. The summed E-state index contributed by atoms with van der Waals surface area (Å²) in [6.45, 7) is 2.43. The molecule has 136 valence electrons. The van der Waals surface area contributed by atoms with Gasteiger partial charge in [-0.3, -0.25) is 9.59 Å². The van der Waals surface area contributed by atoms with Crippen LogP contribution in [0.4, 0.5) is 10.8 Å². The number of hydrogen-bond acceptors (Lipinski definition) is 4. The van der Waals surface area contributed by atoms with Crippen LogP contribution >= 0.6 is 11.3 Å². The molecule has 3 aromatic rings. The molecular weight excluding hydrogens is 358 g/mol. The largest absolute Gasteiger partial charge is 0.312 e. The minimum absolute atomic E-state index is 0.0270. The highest BCUT2D eigenvalue weighted by atomic mass is 32.1.